The molecule has 18 heavy (non-hydrogen) atoms. The van der Waals surface area contributed by atoms with Crippen LogP contribution in [0.3, 0.4) is 0 Å². The van der Waals surface area contributed by atoms with Crippen molar-refractivity contribution in [3.05, 3.63) is 15.9 Å². The van der Waals surface area contributed by atoms with Gasteiger partial charge in [-0.1, -0.05) is 0 Å². The highest BCUT2D eigenvalue weighted by Crippen LogP contribution is 2.42. The van der Waals surface area contributed by atoms with Crippen LogP contribution in [0.5, 0.6) is 0 Å². The van der Waals surface area contributed by atoms with Crippen LogP contribution in [0, 0.1) is 0 Å². The molecule has 1 aliphatic carbocycles. The number of thiophene rings is 1. The normalized spacial score (nSPS) is 16.1. The van der Waals surface area contributed by atoms with Crippen LogP contribution in [-0.2, 0) is 10.0 Å². The van der Waals surface area contributed by atoms with Crippen molar-refractivity contribution in [2.45, 2.75) is 24.0 Å². The van der Waals surface area contributed by atoms with E-state index in [-0.39, 0.29) is 11.2 Å². The van der Waals surface area contributed by atoms with Gasteiger partial charge in [-0.15, -0.1) is 21.5 Å². The lowest BCUT2D eigenvalue weighted by Crippen LogP contribution is -2.18. The molecule has 3 rings (SSSR count). The van der Waals surface area contributed by atoms with Gasteiger partial charge in [0.25, 0.3) is 15.2 Å². The molecule has 0 spiro atoms. The highest BCUT2D eigenvalue weighted by atomic mass is 79.9. The van der Waals surface area contributed by atoms with Gasteiger partial charge in [0.15, 0.2) is 5.82 Å². The van der Waals surface area contributed by atoms with Gasteiger partial charge in [-0.25, -0.2) is 13.6 Å². The summed E-state index contributed by atoms with van der Waals surface area (Å²) in [5.74, 6) is 0.559. The molecular formula is C9H9BrN4O2S2. The van der Waals surface area contributed by atoms with E-state index in [4.69, 9.17) is 5.14 Å². The van der Waals surface area contributed by atoms with E-state index < -0.39 is 10.0 Å². The van der Waals surface area contributed by atoms with E-state index in [1.807, 2.05) is 11.4 Å². The maximum Gasteiger partial charge on any atom is 0.273 e. The second-order valence-corrected chi connectivity index (χ2v) is 7.28. The van der Waals surface area contributed by atoms with Gasteiger partial charge in [0.2, 0.25) is 0 Å². The average Bonchev–Trinajstić information content (AvgIpc) is 2.86. The Morgan fingerprint density at radius 2 is 2.17 bits per heavy atom. The van der Waals surface area contributed by atoms with E-state index in [0.29, 0.717) is 5.82 Å². The summed E-state index contributed by atoms with van der Waals surface area (Å²) in [4.78, 5) is 0.865. The van der Waals surface area contributed by atoms with Crippen LogP contribution in [0.15, 0.2) is 21.1 Å². The fourth-order valence-corrected chi connectivity index (χ4v) is 3.94. The number of hydrogen-bond donors (Lipinski definition) is 1. The summed E-state index contributed by atoms with van der Waals surface area (Å²) < 4.78 is 25.5. The minimum atomic E-state index is -3.84. The molecule has 2 aromatic heterocycles. The Balaban J connectivity index is 2.23. The second kappa shape index (κ2) is 4.12. The molecule has 0 unspecified atom stereocenters. The third-order valence-electron chi connectivity index (χ3n) is 2.65. The summed E-state index contributed by atoms with van der Waals surface area (Å²) in [6.07, 6.45) is 1.85. The van der Waals surface area contributed by atoms with Gasteiger partial charge in [-0.3, -0.25) is 4.57 Å². The van der Waals surface area contributed by atoms with Crippen LogP contribution in [-0.4, -0.2) is 23.2 Å². The zero-order valence-electron chi connectivity index (χ0n) is 9.08. The Kier molecular flexibility index (Phi) is 2.81. The van der Waals surface area contributed by atoms with Crippen molar-refractivity contribution in [3.63, 3.8) is 0 Å². The Hall–Kier alpha value is -0.770. The monoisotopic (exact) mass is 348 g/mol. The van der Waals surface area contributed by atoms with Crippen LogP contribution in [0.2, 0.25) is 0 Å². The molecule has 6 nitrogen and oxygen atoms in total. The van der Waals surface area contributed by atoms with Gasteiger partial charge < -0.3 is 0 Å². The zero-order valence-corrected chi connectivity index (χ0v) is 12.3. The Labute approximate surface area is 116 Å². The molecule has 1 aliphatic rings. The third-order valence-corrected chi connectivity index (χ3v) is 5.27. The smallest absolute Gasteiger partial charge is 0.273 e. The summed E-state index contributed by atoms with van der Waals surface area (Å²) in [7, 11) is -3.84. The molecule has 96 valence electrons. The van der Waals surface area contributed by atoms with Gasteiger partial charge in [0.05, 0.1) is 4.88 Å². The fourth-order valence-electron chi connectivity index (χ4n) is 1.74. The Morgan fingerprint density at radius 1 is 1.44 bits per heavy atom. The van der Waals surface area contributed by atoms with Crippen LogP contribution in [0.1, 0.15) is 18.9 Å². The van der Waals surface area contributed by atoms with Crippen LogP contribution >= 0.6 is 27.3 Å². The molecule has 0 atom stereocenters. The lowest BCUT2D eigenvalue weighted by molar-refractivity contribution is 0.567. The molecule has 0 amide bonds. The van der Waals surface area contributed by atoms with Crippen LogP contribution < -0.4 is 5.14 Å². The van der Waals surface area contributed by atoms with Gasteiger partial charge in [-0.2, -0.15) is 0 Å². The first-order valence-corrected chi connectivity index (χ1v) is 8.41. The number of halogens is 1. The van der Waals surface area contributed by atoms with Gasteiger partial charge in [0.1, 0.15) is 0 Å². The predicted octanol–water partition coefficient (Wildman–Crippen LogP) is 1.75. The molecular weight excluding hydrogens is 340 g/mol. The highest BCUT2D eigenvalue weighted by Gasteiger charge is 2.34. The minimum absolute atomic E-state index is 0.136. The molecule has 1 saturated carbocycles. The van der Waals surface area contributed by atoms with Crippen LogP contribution in [0.25, 0.3) is 10.7 Å². The van der Waals surface area contributed by atoms with Crippen molar-refractivity contribution in [1.29, 1.82) is 0 Å². The molecule has 1 fully saturated rings. The second-order valence-electron chi connectivity index (χ2n) is 4.05. The number of hydrogen-bond acceptors (Lipinski definition) is 5. The Morgan fingerprint density at radius 3 is 2.67 bits per heavy atom. The number of aromatic nitrogens is 3. The van der Waals surface area contributed by atoms with Crippen molar-refractivity contribution in [1.82, 2.24) is 14.8 Å². The summed E-state index contributed by atoms with van der Waals surface area (Å²) in [6, 6.07) is 2.03. The molecule has 0 radical (unpaired) electrons. The zero-order chi connectivity index (χ0) is 12.9. The topological polar surface area (TPSA) is 90.9 Å². The van der Waals surface area contributed by atoms with E-state index >= 15 is 0 Å². The summed E-state index contributed by atoms with van der Waals surface area (Å²) in [5, 5.41) is 14.6. The first-order chi connectivity index (χ1) is 8.48. The largest absolute Gasteiger partial charge is 0.293 e. The number of primary sulfonamides is 1. The van der Waals surface area contributed by atoms with Gasteiger partial charge >= 0.3 is 0 Å². The molecule has 0 aromatic carbocycles. The van der Waals surface area contributed by atoms with E-state index in [9.17, 15) is 8.42 Å². The molecule has 0 bridgehead atoms. The fraction of sp³-hybridized carbons (Fsp3) is 0.333. The predicted molar refractivity (Wildman–Crippen MR) is 70.7 cm³/mol. The first kappa shape index (κ1) is 12.3. The SMILES string of the molecule is NS(=O)(=O)c1nnc(-c2sccc2Br)n1C1CC1. The van der Waals surface area contributed by atoms with Gasteiger partial charge in [-0.05, 0) is 40.2 Å². The van der Waals surface area contributed by atoms with E-state index in [2.05, 4.69) is 26.1 Å². The molecule has 0 saturated heterocycles. The number of nitrogens with two attached hydrogens (primary N) is 1. The first-order valence-electron chi connectivity index (χ1n) is 5.19. The number of rotatable bonds is 3. The van der Waals surface area contributed by atoms with Gasteiger partial charge in [0, 0.05) is 10.5 Å². The molecule has 2 N–H and O–H groups in total. The average molecular weight is 349 g/mol. The van der Waals surface area contributed by atoms with Crippen molar-refractivity contribution in [3.8, 4) is 10.7 Å². The maximum absolute atomic E-state index is 11.5. The van der Waals surface area contributed by atoms with Crippen molar-refractivity contribution in [2.75, 3.05) is 0 Å². The number of nitrogens with zero attached hydrogens (tertiary/aromatic N) is 3. The molecule has 2 aromatic rings. The Bertz CT molecular complexity index is 702. The van der Waals surface area contributed by atoms with Crippen molar-refractivity contribution >= 4 is 37.3 Å². The standard InChI is InChI=1S/C9H9BrN4O2S2/c10-6-3-4-17-7(6)8-12-13-9(18(11,15)16)14(8)5-1-2-5/h3-5H,1-2H2,(H2,11,15,16). The lowest BCUT2D eigenvalue weighted by Gasteiger charge is -2.06. The minimum Gasteiger partial charge on any atom is -0.293 e. The van der Waals surface area contributed by atoms with Crippen molar-refractivity contribution < 1.29 is 8.42 Å². The van der Waals surface area contributed by atoms with Crippen molar-refractivity contribution in [2.24, 2.45) is 5.14 Å². The van der Waals surface area contributed by atoms with E-state index in [0.717, 1.165) is 22.2 Å². The maximum atomic E-state index is 11.5. The summed E-state index contributed by atoms with van der Waals surface area (Å²) >= 11 is 4.90. The third kappa shape index (κ3) is 2.00. The lowest BCUT2D eigenvalue weighted by atomic mass is 10.4. The highest BCUT2D eigenvalue weighted by molar-refractivity contribution is 9.10. The van der Waals surface area contributed by atoms with E-state index in [1.54, 1.807) is 4.57 Å². The van der Waals surface area contributed by atoms with E-state index in [1.165, 1.54) is 11.3 Å². The summed E-state index contributed by atoms with van der Waals surface area (Å²) in [5.41, 5.74) is 0. The molecule has 9 heteroatoms. The molecule has 2 heterocycles. The molecule has 0 aliphatic heterocycles. The number of sulfonamides is 1. The summed E-state index contributed by atoms with van der Waals surface area (Å²) in [6.45, 7) is 0. The van der Waals surface area contributed by atoms with Crippen LogP contribution in [0.4, 0.5) is 0 Å². The quantitative estimate of drug-likeness (QED) is 0.914.